The van der Waals surface area contributed by atoms with Crippen molar-refractivity contribution in [2.75, 3.05) is 19.6 Å². The van der Waals surface area contributed by atoms with Gasteiger partial charge >= 0.3 is 0 Å². The zero-order valence-corrected chi connectivity index (χ0v) is 22.8. The number of hydrogen-bond acceptors (Lipinski definition) is 3. The van der Waals surface area contributed by atoms with Gasteiger partial charge in [-0.3, -0.25) is 9.59 Å². The third kappa shape index (κ3) is 7.37. The molecule has 2 aromatic rings. The molecule has 1 saturated carbocycles. The van der Waals surface area contributed by atoms with Gasteiger partial charge < -0.3 is 14.5 Å². The molecule has 0 radical (unpaired) electrons. The number of fused-ring (bicyclic) bond motifs is 2. The lowest BCUT2D eigenvalue weighted by Crippen LogP contribution is -2.51. The van der Waals surface area contributed by atoms with Crippen molar-refractivity contribution in [2.45, 2.75) is 96.6 Å². The van der Waals surface area contributed by atoms with E-state index in [1.807, 2.05) is 35.2 Å². The van der Waals surface area contributed by atoms with Crippen molar-refractivity contribution in [1.82, 2.24) is 9.80 Å². The maximum atomic E-state index is 13.8. The molecule has 0 unspecified atom stereocenters. The minimum atomic E-state index is -0.103. The van der Waals surface area contributed by atoms with E-state index in [2.05, 4.69) is 36.9 Å². The molecular formula is C32H44N2O3. The molecule has 2 aliphatic rings. The zero-order valence-electron chi connectivity index (χ0n) is 22.8. The van der Waals surface area contributed by atoms with Crippen LogP contribution in [0.5, 0.6) is 5.75 Å². The van der Waals surface area contributed by atoms with E-state index in [9.17, 15) is 9.59 Å². The SMILES string of the molecule is CCCN1CCCCCCCN(C(=O)Cc2cccc(C)c2)[C@@H]2CCCC[C@@H]2Oc2ccccc2C1=O. The Balaban J connectivity index is 1.62. The second-order valence-electron chi connectivity index (χ2n) is 10.8. The molecule has 1 aliphatic heterocycles. The number of benzene rings is 2. The second-order valence-corrected chi connectivity index (χ2v) is 10.8. The van der Waals surface area contributed by atoms with Crippen molar-refractivity contribution >= 4 is 11.8 Å². The Morgan fingerprint density at radius 2 is 1.68 bits per heavy atom. The van der Waals surface area contributed by atoms with Crippen molar-refractivity contribution in [2.24, 2.45) is 0 Å². The molecule has 4 rings (SSSR count). The summed E-state index contributed by atoms with van der Waals surface area (Å²) in [6, 6.07) is 16.0. The van der Waals surface area contributed by atoms with Crippen LogP contribution in [-0.4, -0.2) is 53.4 Å². The van der Waals surface area contributed by atoms with Crippen molar-refractivity contribution in [3.63, 3.8) is 0 Å². The predicted octanol–water partition coefficient (Wildman–Crippen LogP) is 6.57. The maximum Gasteiger partial charge on any atom is 0.257 e. The van der Waals surface area contributed by atoms with Crippen LogP contribution in [0.4, 0.5) is 0 Å². The number of para-hydroxylation sites is 1. The van der Waals surface area contributed by atoms with Gasteiger partial charge in [0.1, 0.15) is 11.9 Å². The van der Waals surface area contributed by atoms with E-state index in [4.69, 9.17) is 4.74 Å². The molecule has 37 heavy (non-hydrogen) atoms. The van der Waals surface area contributed by atoms with E-state index < -0.39 is 0 Å². The van der Waals surface area contributed by atoms with E-state index in [1.165, 1.54) is 5.56 Å². The lowest BCUT2D eigenvalue weighted by atomic mass is 9.90. The fourth-order valence-corrected chi connectivity index (χ4v) is 5.92. The summed E-state index contributed by atoms with van der Waals surface area (Å²) in [6.45, 7) is 6.52. The fourth-order valence-electron chi connectivity index (χ4n) is 5.92. The Labute approximate surface area is 223 Å². The first-order valence-corrected chi connectivity index (χ1v) is 14.5. The molecule has 1 fully saturated rings. The first-order valence-electron chi connectivity index (χ1n) is 14.5. The summed E-state index contributed by atoms with van der Waals surface area (Å²) in [6.07, 6.45) is 10.7. The quantitative estimate of drug-likeness (QED) is 0.473. The molecule has 0 bridgehead atoms. The number of hydrogen-bond donors (Lipinski definition) is 0. The van der Waals surface area contributed by atoms with Gasteiger partial charge in [-0.1, -0.05) is 74.6 Å². The highest BCUT2D eigenvalue weighted by atomic mass is 16.5. The van der Waals surface area contributed by atoms with Crippen LogP contribution in [0.2, 0.25) is 0 Å². The number of rotatable bonds is 4. The van der Waals surface area contributed by atoms with Gasteiger partial charge in [0.15, 0.2) is 0 Å². The molecule has 200 valence electrons. The normalized spacial score (nSPS) is 21.7. The van der Waals surface area contributed by atoms with E-state index in [0.29, 0.717) is 17.7 Å². The average Bonchev–Trinajstić information content (AvgIpc) is 2.90. The smallest absolute Gasteiger partial charge is 0.257 e. The molecular weight excluding hydrogens is 460 g/mol. The maximum absolute atomic E-state index is 13.8. The molecule has 2 atom stereocenters. The Hall–Kier alpha value is -2.82. The van der Waals surface area contributed by atoms with Gasteiger partial charge in [-0.15, -0.1) is 0 Å². The number of carbonyl (C=O) groups excluding carboxylic acids is 2. The summed E-state index contributed by atoms with van der Waals surface area (Å²) < 4.78 is 6.68. The van der Waals surface area contributed by atoms with Crippen molar-refractivity contribution in [3.8, 4) is 5.75 Å². The number of ether oxygens (including phenoxy) is 1. The standard InChI is InChI=1S/C32H44N2O3/c1-3-20-33-21-11-5-4-6-12-22-34(31(35)24-26-15-13-14-25(2)23-26)28-17-8-10-19-30(28)37-29-18-9-7-16-27(29)32(33)36/h7,9,13-16,18,23,28,30H,3-6,8,10-12,17,19-22,24H2,1-2H3/t28-,30+/m1/s1. The second kappa shape index (κ2) is 13.6. The van der Waals surface area contributed by atoms with E-state index in [-0.39, 0.29) is 24.0 Å². The zero-order chi connectivity index (χ0) is 26.0. The van der Waals surface area contributed by atoms with Crippen molar-refractivity contribution in [1.29, 1.82) is 0 Å². The van der Waals surface area contributed by atoms with Gasteiger partial charge in [-0.25, -0.2) is 0 Å². The predicted molar refractivity (Wildman–Crippen MR) is 149 cm³/mol. The molecule has 1 aliphatic carbocycles. The van der Waals surface area contributed by atoms with Gasteiger partial charge in [0.25, 0.3) is 5.91 Å². The first-order chi connectivity index (χ1) is 18.1. The fraction of sp³-hybridized carbons (Fsp3) is 0.562. The number of aryl methyl sites for hydroxylation is 1. The summed E-state index contributed by atoms with van der Waals surface area (Å²) in [5.74, 6) is 0.910. The number of amides is 2. The van der Waals surface area contributed by atoms with Crippen molar-refractivity contribution < 1.29 is 14.3 Å². The van der Waals surface area contributed by atoms with Gasteiger partial charge in [-0.05, 0) is 63.1 Å². The lowest BCUT2D eigenvalue weighted by Gasteiger charge is -2.40. The van der Waals surface area contributed by atoms with Crippen LogP contribution in [0.1, 0.15) is 92.6 Å². The number of nitrogens with zero attached hydrogens (tertiary/aromatic N) is 2. The Morgan fingerprint density at radius 3 is 2.49 bits per heavy atom. The van der Waals surface area contributed by atoms with Gasteiger partial charge in [-0.2, -0.15) is 0 Å². The molecule has 2 amide bonds. The number of carbonyl (C=O) groups is 2. The monoisotopic (exact) mass is 504 g/mol. The summed E-state index contributed by atoms with van der Waals surface area (Å²) in [5, 5.41) is 0. The van der Waals surface area contributed by atoms with Gasteiger partial charge in [0.2, 0.25) is 5.91 Å². The molecule has 0 aromatic heterocycles. The third-order valence-corrected chi connectivity index (χ3v) is 7.83. The largest absolute Gasteiger partial charge is 0.487 e. The molecule has 0 saturated heterocycles. The van der Waals surface area contributed by atoms with Gasteiger partial charge in [0.05, 0.1) is 18.0 Å². The van der Waals surface area contributed by atoms with E-state index >= 15 is 0 Å². The minimum absolute atomic E-state index is 0.0334. The van der Waals surface area contributed by atoms with Crippen LogP contribution in [0.15, 0.2) is 48.5 Å². The minimum Gasteiger partial charge on any atom is -0.487 e. The highest BCUT2D eigenvalue weighted by Crippen LogP contribution is 2.31. The van der Waals surface area contributed by atoms with Crippen LogP contribution < -0.4 is 4.74 Å². The van der Waals surface area contributed by atoms with Gasteiger partial charge in [0, 0.05) is 19.6 Å². The Bertz CT molecular complexity index is 1040. The molecule has 0 N–H and O–H groups in total. The van der Waals surface area contributed by atoms with Crippen LogP contribution in [0.3, 0.4) is 0 Å². The van der Waals surface area contributed by atoms with Crippen LogP contribution in [-0.2, 0) is 11.2 Å². The summed E-state index contributed by atoms with van der Waals surface area (Å²) >= 11 is 0. The Morgan fingerprint density at radius 1 is 0.919 bits per heavy atom. The highest BCUT2D eigenvalue weighted by Gasteiger charge is 2.35. The van der Waals surface area contributed by atoms with Crippen molar-refractivity contribution in [3.05, 3.63) is 65.2 Å². The Kier molecular flexibility index (Phi) is 10.0. The van der Waals surface area contributed by atoms with E-state index in [1.54, 1.807) is 0 Å². The summed E-state index contributed by atoms with van der Waals surface area (Å²) in [5.41, 5.74) is 2.90. The lowest BCUT2D eigenvalue weighted by molar-refractivity contribution is -0.136. The topological polar surface area (TPSA) is 49.9 Å². The highest BCUT2D eigenvalue weighted by molar-refractivity contribution is 5.97. The summed E-state index contributed by atoms with van der Waals surface area (Å²) in [4.78, 5) is 31.5. The molecule has 1 heterocycles. The summed E-state index contributed by atoms with van der Waals surface area (Å²) in [7, 11) is 0. The molecule has 5 heteroatoms. The van der Waals surface area contributed by atoms with E-state index in [0.717, 1.165) is 89.4 Å². The first kappa shape index (κ1) is 27.2. The van der Waals surface area contributed by atoms with Crippen LogP contribution in [0.25, 0.3) is 0 Å². The molecule has 0 spiro atoms. The average molecular weight is 505 g/mol. The molecule has 2 aromatic carbocycles. The van der Waals surface area contributed by atoms with Crippen LogP contribution >= 0.6 is 0 Å². The molecule has 5 nitrogen and oxygen atoms in total. The third-order valence-electron chi connectivity index (χ3n) is 7.83. The van der Waals surface area contributed by atoms with Crippen LogP contribution in [0, 0.1) is 6.92 Å².